The number of nitrogens with zero attached hydrogens (tertiary/aromatic N) is 2. The molecule has 10 heteroatoms. The summed E-state index contributed by atoms with van der Waals surface area (Å²) in [4.78, 5) is 22.5. The molecule has 0 bridgehead atoms. The molecule has 0 atom stereocenters. The molecule has 1 amide bonds. The number of carbonyl (C=O) groups excluding carboxylic acids is 1. The molecule has 27 heavy (non-hydrogen) atoms. The van der Waals surface area contributed by atoms with Crippen LogP contribution in [0.25, 0.3) is 6.08 Å². The number of rotatable bonds is 5. The molecule has 1 saturated heterocycles. The summed E-state index contributed by atoms with van der Waals surface area (Å²) in [6.45, 7) is 0. The van der Waals surface area contributed by atoms with Crippen molar-refractivity contribution in [2.24, 2.45) is 4.40 Å². The molecule has 2 aromatic rings. The maximum atomic E-state index is 12.2. The zero-order valence-electron chi connectivity index (χ0n) is 13.7. The highest BCUT2D eigenvalue weighted by molar-refractivity contribution is 8.19. The second-order valence-corrected chi connectivity index (χ2v) is 8.19. The van der Waals surface area contributed by atoms with Crippen molar-refractivity contribution in [1.29, 1.82) is 0 Å². The molecule has 0 unspecified atom stereocenters. The van der Waals surface area contributed by atoms with E-state index in [4.69, 9.17) is 0 Å². The first-order valence-corrected chi connectivity index (χ1v) is 10.1. The third-order valence-electron chi connectivity index (χ3n) is 3.44. The molecule has 1 aliphatic heterocycles. The van der Waals surface area contributed by atoms with E-state index in [-0.39, 0.29) is 21.5 Å². The largest absolute Gasteiger partial charge is 0.300 e. The molecule has 1 fully saturated rings. The molecule has 0 saturated carbocycles. The van der Waals surface area contributed by atoms with Gasteiger partial charge in [0.05, 0.1) is 15.6 Å². The number of sulfonamides is 1. The van der Waals surface area contributed by atoms with Gasteiger partial charge in [0.25, 0.3) is 21.6 Å². The molecular weight excluding hydrogens is 390 g/mol. The maximum Gasteiger partial charge on any atom is 0.270 e. The third kappa shape index (κ3) is 5.02. The Morgan fingerprint density at radius 2 is 1.89 bits per heavy atom. The van der Waals surface area contributed by atoms with E-state index in [1.807, 2.05) is 0 Å². The first-order valence-electron chi connectivity index (χ1n) is 7.64. The number of benzene rings is 2. The first kappa shape index (κ1) is 18.8. The van der Waals surface area contributed by atoms with Crippen LogP contribution in [0.3, 0.4) is 0 Å². The Bertz CT molecular complexity index is 1060. The van der Waals surface area contributed by atoms with Crippen molar-refractivity contribution in [3.63, 3.8) is 0 Å². The van der Waals surface area contributed by atoms with Crippen molar-refractivity contribution in [1.82, 2.24) is 5.32 Å². The van der Waals surface area contributed by atoms with Crippen LogP contribution in [0.5, 0.6) is 0 Å². The molecule has 1 heterocycles. The SMILES string of the molecule is O=C1N/C(=N\S(=O)(=O)Cc2ccccc2)SC1=Cc1cccc([N+](=O)[O-])c1. The molecule has 1 aliphatic rings. The highest BCUT2D eigenvalue weighted by atomic mass is 32.2. The van der Waals surface area contributed by atoms with Gasteiger partial charge in [0.1, 0.15) is 0 Å². The molecule has 0 radical (unpaired) electrons. The van der Waals surface area contributed by atoms with Crippen LogP contribution in [0, 0.1) is 10.1 Å². The van der Waals surface area contributed by atoms with Gasteiger partial charge in [0, 0.05) is 12.1 Å². The van der Waals surface area contributed by atoms with E-state index in [0.717, 1.165) is 11.8 Å². The van der Waals surface area contributed by atoms with Crippen LogP contribution < -0.4 is 5.32 Å². The number of nitro benzene ring substituents is 1. The smallest absolute Gasteiger partial charge is 0.270 e. The average molecular weight is 403 g/mol. The lowest BCUT2D eigenvalue weighted by Crippen LogP contribution is -2.21. The normalized spacial score (nSPS) is 17.3. The van der Waals surface area contributed by atoms with E-state index in [1.54, 1.807) is 36.4 Å². The van der Waals surface area contributed by atoms with E-state index < -0.39 is 20.9 Å². The van der Waals surface area contributed by atoms with Crippen molar-refractivity contribution in [2.45, 2.75) is 5.75 Å². The quantitative estimate of drug-likeness (QED) is 0.466. The Balaban J connectivity index is 1.79. The Morgan fingerprint density at radius 1 is 1.15 bits per heavy atom. The number of non-ortho nitro benzene ring substituents is 1. The molecule has 138 valence electrons. The highest BCUT2D eigenvalue weighted by Crippen LogP contribution is 2.27. The minimum Gasteiger partial charge on any atom is -0.300 e. The second kappa shape index (κ2) is 7.72. The number of nitro groups is 1. The maximum absolute atomic E-state index is 12.2. The lowest BCUT2D eigenvalue weighted by molar-refractivity contribution is -0.384. The van der Waals surface area contributed by atoms with Gasteiger partial charge >= 0.3 is 0 Å². The standard InChI is InChI=1S/C17H13N3O5S2/c21-16-15(10-13-7-4-8-14(9-13)20(22)23)26-17(18-16)19-27(24,25)11-12-5-2-1-3-6-12/h1-10H,11H2,(H,18,19,21). The lowest BCUT2D eigenvalue weighted by Gasteiger charge is -2.00. The van der Waals surface area contributed by atoms with Crippen LogP contribution >= 0.6 is 11.8 Å². The Hall–Kier alpha value is -2.98. The van der Waals surface area contributed by atoms with Crippen LogP contribution in [0.1, 0.15) is 11.1 Å². The number of carbonyl (C=O) groups is 1. The van der Waals surface area contributed by atoms with Gasteiger partial charge in [0.15, 0.2) is 5.17 Å². The van der Waals surface area contributed by atoms with Crippen LogP contribution in [-0.4, -0.2) is 24.4 Å². The number of amidine groups is 1. The number of amides is 1. The molecule has 0 aromatic heterocycles. The monoisotopic (exact) mass is 403 g/mol. The van der Waals surface area contributed by atoms with Gasteiger partial charge in [-0.05, 0) is 29.0 Å². The van der Waals surface area contributed by atoms with Crippen LogP contribution in [0.4, 0.5) is 5.69 Å². The van der Waals surface area contributed by atoms with Crippen molar-refractivity contribution in [3.8, 4) is 0 Å². The van der Waals surface area contributed by atoms with Crippen molar-refractivity contribution in [3.05, 3.63) is 80.7 Å². The van der Waals surface area contributed by atoms with Gasteiger partial charge < -0.3 is 0 Å². The molecule has 0 aliphatic carbocycles. The summed E-state index contributed by atoms with van der Waals surface area (Å²) in [6.07, 6.45) is 1.44. The Kier molecular flexibility index (Phi) is 5.38. The van der Waals surface area contributed by atoms with Gasteiger partial charge in [-0.1, -0.05) is 42.5 Å². The van der Waals surface area contributed by atoms with Crippen LogP contribution in [0.15, 0.2) is 63.9 Å². The number of thioether (sulfide) groups is 1. The van der Waals surface area contributed by atoms with Gasteiger partial charge in [-0.2, -0.15) is 0 Å². The summed E-state index contributed by atoms with van der Waals surface area (Å²) in [6, 6.07) is 14.3. The second-order valence-electron chi connectivity index (χ2n) is 5.53. The fourth-order valence-corrected chi connectivity index (χ4v) is 4.45. The molecule has 2 aromatic carbocycles. The van der Waals surface area contributed by atoms with Crippen molar-refractivity contribution >= 4 is 44.6 Å². The number of hydrogen-bond donors (Lipinski definition) is 1. The van der Waals surface area contributed by atoms with Crippen molar-refractivity contribution < 1.29 is 18.1 Å². The minimum absolute atomic E-state index is 0.0485. The molecule has 8 nitrogen and oxygen atoms in total. The highest BCUT2D eigenvalue weighted by Gasteiger charge is 2.26. The topological polar surface area (TPSA) is 119 Å². The van der Waals surface area contributed by atoms with Gasteiger partial charge in [0.2, 0.25) is 0 Å². The third-order valence-corrected chi connectivity index (χ3v) is 5.63. The van der Waals surface area contributed by atoms with E-state index >= 15 is 0 Å². The van der Waals surface area contributed by atoms with Crippen molar-refractivity contribution in [2.75, 3.05) is 0 Å². The Labute approximate surface area is 159 Å². The minimum atomic E-state index is -3.82. The average Bonchev–Trinajstić information content (AvgIpc) is 2.93. The number of hydrogen-bond acceptors (Lipinski definition) is 6. The van der Waals surface area contributed by atoms with E-state index in [2.05, 4.69) is 9.71 Å². The predicted molar refractivity (Wildman–Crippen MR) is 103 cm³/mol. The lowest BCUT2D eigenvalue weighted by atomic mass is 10.2. The van der Waals surface area contributed by atoms with E-state index in [9.17, 15) is 23.3 Å². The molecular formula is C17H13N3O5S2. The number of nitrogens with one attached hydrogen (secondary N) is 1. The van der Waals surface area contributed by atoms with Gasteiger partial charge in [-0.25, -0.2) is 8.42 Å². The van der Waals surface area contributed by atoms with Crippen LogP contribution in [0.2, 0.25) is 0 Å². The Morgan fingerprint density at radius 3 is 2.59 bits per heavy atom. The zero-order valence-corrected chi connectivity index (χ0v) is 15.4. The molecule has 0 spiro atoms. The summed E-state index contributed by atoms with van der Waals surface area (Å²) in [5, 5.41) is 13.2. The van der Waals surface area contributed by atoms with Crippen LogP contribution in [-0.2, 0) is 20.6 Å². The summed E-state index contributed by atoms with van der Waals surface area (Å²) >= 11 is 0.867. The van der Waals surface area contributed by atoms with E-state index in [1.165, 1.54) is 24.3 Å². The summed E-state index contributed by atoms with van der Waals surface area (Å²) in [5.41, 5.74) is 0.936. The summed E-state index contributed by atoms with van der Waals surface area (Å²) < 4.78 is 28.1. The molecule has 1 N–H and O–H groups in total. The fourth-order valence-electron chi connectivity index (χ4n) is 2.29. The van der Waals surface area contributed by atoms with Gasteiger partial charge in [-0.15, -0.1) is 4.40 Å². The predicted octanol–water partition coefficient (Wildman–Crippen LogP) is 2.68. The van der Waals surface area contributed by atoms with Gasteiger partial charge in [-0.3, -0.25) is 20.2 Å². The summed E-state index contributed by atoms with van der Waals surface area (Å²) in [7, 11) is -3.82. The fraction of sp³-hybridized carbons (Fsp3) is 0.0588. The first-order chi connectivity index (χ1) is 12.8. The molecule has 3 rings (SSSR count). The van der Waals surface area contributed by atoms with E-state index in [0.29, 0.717) is 11.1 Å². The zero-order chi connectivity index (χ0) is 19.4. The summed E-state index contributed by atoms with van der Waals surface area (Å²) in [5.74, 6) is -0.794.